The molecule has 6 heteroatoms. The maximum atomic E-state index is 11.2. The Kier molecular flexibility index (Phi) is 3.12. The summed E-state index contributed by atoms with van der Waals surface area (Å²) in [6.45, 7) is 0.442. The lowest BCUT2D eigenvalue weighted by Crippen LogP contribution is -2.04. The van der Waals surface area contributed by atoms with Crippen molar-refractivity contribution in [1.82, 2.24) is 14.8 Å². The van der Waals surface area contributed by atoms with Crippen LogP contribution in [0.4, 0.5) is 0 Å². The molecule has 0 saturated carbocycles. The fourth-order valence-electron chi connectivity index (χ4n) is 2.04. The molecule has 0 amide bonds. The van der Waals surface area contributed by atoms with Crippen LogP contribution in [0.5, 0.6) is 0 Å². The van der Waals surface area contributed by atoms with Crippen LogP contribution in [0.15, 0.2) is 42.6 Å². The Labute approximate surface area is 119 Å². The van der Waals surface area contributed by atoms with Crippen molar-refractivity contribution in [3.8, 4) is 0 Å². The minimum Gasteiger partial charge on any atom is -0.476 e. The number of hydrogen-bond acceptors (Lipinski definition) is 3. The van der Waals surface area contributed by atoms with E-state index in [1.807, 2.05) is 12.1 Å². The van der Waals surface area contributed by atoms with Crippen molar-refractivity contribution in [2.75, 3.05) is 0 Å². The van der Waals surface area contributed by atoms with E-state index in [1.54, 1.807) is 35.1 Å². The Hall–Kier alpha value is -2.40. The smallest absolute Gasteiger partial charge is 0.357 e. The van der Waals surface area contributed by atoms with Gasteiger partial charge in [0.2, 0.25) is 0 Å². The third-order valence-electron chi connectivity index (χ3n) is 2.96. The van der Waals surface area contributed by atoms with E-state index in [1.165, 1.54) is 0 Å². The van der Waals surface area contributed by atoms with Crippen molar-refractivity contribution in [1.29, 1.82) is 0 Å². The molecule has 0 atom stereocenters. The Morgan fingerprint density at radius 2 is 2.00 bits per heavy atom. The maximum Gasteiger partial charge on any atom is 0.357 e. The van der Waals surface area contributed by atoms with Crippen molar-refractivity contribution < 1.29 is 9.90 Å². The first-order chi connectivity index (χ1) is 9.65. The fourth-order valence-corrected chi connectivity index (χ4v) is 2.17. The van der Waals surface area contributed by atoms with E-state index in [9.17, 15) is 9.90 Å². The molecule has 5 nitrogen and oxygen atoms in total. The van der Waals surface area contributed by atoms with E-state index in [0.717, 1.165) is 5.56 Å². The number of carbonyl (C=O) groups is 1. The summed E-state index contributed by atoms with van der Waals surface area (Å²) in [5.74, 6) is -1.06. The molecule has 2 aromatic heterocycles. The minimum absolute atomic E-state index is 0.0158. The van der Waals surface area contributed by atoms with Gasteiger partial charge in [-0.25, -0.2) is 14.5 Å². The van der Waals surface area contributed by atoms with Gasteiger partial charge in [-0.15, -0.1) is 0 Å². The lowest BCUT2D eigenvalue weighted by Gasteiger charge is -2.03. The van der Waals surface area contributed by atoms with Gasteiger partial charge in [-0.1, -0.05) is 23.7 Å². The highest BCUT2D eigenvalue weighted by atomic mass is 35.5. The summed E-state index contributed by atoms with van der Waals surface area (Å²) < 4.78 is 1.59. The lowest BCUT2D eigenvalue weighted by molar-refractivity contribution is 0.0691. The largest absolute Gasteiger partial charge is 0.476 e. The summed E-state index contributed by atoms with van der Waals surface area (Å²) in [7, 11) is 0. The van der Waals surface area contributed by atoms with Crippen LogP contribution in [-0.4, -0.2) is 25.8 Å². The zero-order chi connectivity index (χ0) is 14.1. The first-order valence-electron chi connectivity index (χ1n) is 5.94. The van der Waals surface area contributed by atoms with E-state index in [4.69, 9.17) is 11.6 Å². The summed E-state index contributed by atoms with van der Waals surface area (Å²) in [6.07, 6.45) is 1.62. The SMILES string of the molecule is O=C(O)c1nn(Cc2ccc(Cl)cc2)c2ncccc12. The molecule has 0 radical (unpaired) electrons. The molecule has 0 aliphatic heterocycles. The molecule has 0 spiro atoms. The summed E-state index contributed by atoms with van der Waals surface area (Å²) in [5.41, 5.74) is 1.54. The van der Waals surface area contributed by atoms with Crippen molar-refractivity contribution >= 4 is 28.6 Å². The van der Waals surface area contributed by atoms with Crippen LogP contribution in [0.1, 0.15) is 16.1 Å². The maximum absolute atomic E-state index is 11.2. The Balaban J connectivity index is 2.07. The molecule has 0 aliphatic carbocycles. The number of aromatic nitrogens is 3. The van der Waals surface area contributed by atoms with Gasteiger partial charge in [-0.05, 0) is 29.8 Å². The van der Waals surface area contributed by atoms with Gasteiger partial charge in [-0.3, -0.25) is 0 Å². The van der Waals surface area contributed by atoms with Crippen LogP contribution in [0.2, 0.25) is 5.02 Å². The molecule has 0 fully saturated rings. The number of pyridine rings is 1. The summed E-state index contributed by atoms with van der Waals surface area (Å²) in [4.78, 5) is 15.4. The van der Waals surface area contributed by atoms with Crippen molar-refractivity contribution in [2.45, 2.75) is 6.54 Å². The first-order valence-corrected chi connectivity index (χ1v) is 6.32. The average molecular weight is 288 g/mol. The van der Waals surface area contributed by atoms with Gasteiger partial charge in [0.05, 0.1) is 11.9 Å². The molecule has 0 unspecified atom stereocenters. The minimum atomic E-state index is -1.06. The molecular formula is C14H10ClN3O2. The molecule has 0 aliphatic rings. The van der Waals surface area contributed by atoms with Gasteiger partial charge in [0.15, 0.2) is 11.3 Å². The van der Waals surface area contributed by atoms with Crippen LogP contribution < -0.4 is 0 Å². The van der Waals surface area contributed by atoms with E-state index < -0.39 is 5.97 Å². The molecule has 2 heterocycles. The average Bonchev–Trinajstić information content (AvgIpc) is 2.81. The van der Waals surface area contributed by atoms with Gasteiger partial charge in [0.1, 0.15) is 0 Å². The van der Waals surface area contributed by atoms with Gasteiger partial charge >= 0.3 is 5.97 Å². The molecule has 100 valence electrons. The van der Waals surface area contributed by atoms with Crippen LogP contribution in [0, 0.1) is 0 Å². The van der Waals surface area contributed by atoms with Gasteiger partial charge in [0, 0.05) is 11.2 Å². The quantitative estimate of drug-likeness (QED) is 0.804. The molecule has 1 N–H and O–H groups in total. The first kappa shape index (κ1) is 12.6. The highest BCUT2D eigenvalue weighted by molar-refractivity contribution is 6.30. The highest BCUT2D eigenvalue weighted by Gasteiger charge is 2.16. The van der Waals surface area contributed by atoms with Crippen molar-refractivity contribution in [2.24, 2.45) is 0 Å². The van der Waals surface area contributed by atoms with Crippen molar-refractivity contribution in [3.05, 3.63) is 58.9 Å². The molecule has 20 heavy (non-hydrogen) atoms. The summed E-state index contributed by atoms with van der Waals surface area (Å²) in [5, 5.41) is 14.5. The zero-order valence-corrected chi connectivity index (χ0v) is 11.1. The Morgan fingerprint density at radius 1 is 1.25 bits per heavy atom. The predicted molar refractivity (Wildman–Crippen MR) is 75.0 cm³/mol. The molecule has 0 bridgehead atoms. The van der Waals surface area contributed by atoms with Crippen LogP contribution >= 0.6 is 11.6 Å². The molecule has 3 aromatic rings. The number of halogens is 1. The monoisotopic (exact) mass is 287 g/mol. The number of carboxylic acids is 1. The van der Waals surface area contributed by atoms with Gasteiger partial charge < -0.3 is 5.11 Å². The normalized spacial score (nSPS) is 10.8. The molecular weight excluding hydrogens is 278 g/mol. The Bertz CT molecular complexity index is 781. The summed E-state index contributed by atoms with van der Waals surface area (Å²) >= 11 is 5.84. The van der Waals surface area contributed by atoms with Crippen LogP contribution in [0.3, 0.4) is 0 Å². The number of aromatic carboxylic acids is 1. The third kappa shape index (κ3) is 2.23. The number of rotatable bonds is 3. The second kappa shape index (κ2) is 4.94. The van der Waals surface area contributed by atoms with Gasteiger partial charge in [-0.2, -0.15) is 5.10 Å². The van der Waals surface area contributed by atoms with E-state index >= 15 is 0 Å². The van der Waals surface area contributed by atoms with E-state index in [2.05, 4.69) is 10.1 Å². The topological polar surface area (TPSA) is 68.0 Å². The summed E-state index contributed by atoms with van der Waals surface area (Å²) in [6, 6.07) is 10.7. The number of benzene rings is 1. The fraction of sp³-hybridized carbons (Fsp3) is 0.0714. The van der Waals surface area contributed by atoms with Gasteiger partial charge in [0.25, 0.3) is 0 Å². The molecule has 3 rings (SSSR count). The number of nitrogens with zero attached hydrogens (tertiary/aromatic N) is 3. The number of fused-ring (bicyclic) bond motifs is 1. The third-order valence-corrected chi connectivity index (χ3v) is 3.21. The van der Waals surface area contributed by atoms with E-state index in [-0.39, 0.29) is 5.69 Å². The molecule has 0 saturated heterocycles. The highest BCUT2D eigenvalue weighted by Crippen LogP contribution is 2.18. The van der Waals surface area contributed by atoms with Crippen LogP contribution in [0.25, 0.3) is 11.0 Å². The number of carboxylic acid groups (broad SMARTS) is 1. The lowest BCUT2D eigenvalue weighted by atomic mass is 10.2. The zero-order valence-electron chi connectivity index (χ0n) is 10.3. The standard InChI is InChI=1S/C14H10ClN3O2/c15-10-5-3-9(4-6-10)8-18-13-11(2-1-7-16-13)12(17-18)14(19)20/h1-7H,8H2,(H,19,20). The second-order valence-electron chi connectivity index (χ2n) is 4.31. The van der Waals surface area contributed by atoms with Crippen molar-refractivity contribution in [3.63, 3.8) is 0 Å². The van der Waals surface area contributed by atoms with Crippen LogP contribution in [-0.2, 0) is 6.54 Å². The predicted octanol–water partition coefficient (Wildman–Crippen LogP) is 2.83. The Morgan fingerprint density at radius 3 is 2.70 bits per heavy atom. The molecule has 1 aromatic carbocycles. The van der Waals surface area contributed by atoms with E-state index in [0.29, 0.717) is 22.6 Å². The second-order valence-corrected chi connectivity index (χ2v) is 4.75. The number of hydrogen-bond donors (Lipinski definition) is 1.